The van der Waals surface area contributed by atoms with Crippen molar-refractivity contribution < 1.29 is 18.7 Å². The molecule has 0 amide bonds. The molecular weight excluding hydrogens is 272 g/mol. The van der Waals surface area contributed by atoms with E-state index >= 15 is 0 Å². The molecule has 19 heavy (non-hydrogen) atoms. The van der Waals surface area contributed by atoms with E-state index in [-0.39, 0.29) is 5.75 Å². The van der Waals surface area contributed by atoms with Gasteiger partial charge >= 0.3 is 5.97 Å². The van der Waals surface area contributed by atoms with Crippen molar-refractivity contribution in [3.8, 4) is 0 Å². The highest BCUT2D eigenvalue weighted by Gasteiger charge is 2.32. The molecule has 6 heteroatoms. The van der Waals surface area contributed by atoms with Gasteiger partial charge in [-0.1, -0.05) is 6.92 Å². The highest BCUT2D eigenvalue weighted by Crippen LogP contribution is 2.24. The van der Waals surface area contributed by atoms with E-state index in [0.29, 0.717) is 11.4 Å². The van der Waals surface area contributed by atoms with Crippen LogP contribution < -0.4 is 5.32 Å². The number of halogens is 2. The fourth-order valence-corrected chi connectivity index (χ4v) is 2.42. The maximum absolute atomic E-state index is 13.0. The molecule has 0 aliphatic rings. The topological polar surface area (TPSA) is 49.3 Å². The van der Waals surface area contributed by atoms with E-state index in [1.165, 1.54) is 17.8 Å². The van der Waals surface area contributed by atoms with Gasteiger partial charge in [-0.15, -0.1) is 11.8 Å². The van der Waals surface area contributed by atoms with E-state index in [0.717, 1.165) is 18.6 Å². The summed E-state index contributed by atoms with van der Waals surface area (Å²) in [6.45, 7) is 4.11. The number of carboxylic acid groups (broad SMARTS) is 1. The van der Waals surface area contributed by atoms with Crippen LogP contribution in [0.4, 0.5) is 8.78 Å². The molecule has 1 aromatic rings. The predicted molar refractivity (Wildman–Crippen MR) is 71.4 cm³/mol. The lowest BCUT2D eigenvalue weighted by Crippen LogP contribution is -2.51. The van der Waals surface area contributed by atoms with E-state index in [1.807, 2.05) is 6.92 Å². The van der Waals surface area contributed by atoms with Gasteiger partial charge in [0.15, 0.2) is 11.6 Å². The first-order chi connectivity index (χ1) is 8.89. The summed E-state index contributed by atoms with van der Waals surface area (Å²) in [4.78, 5) is 11.8. The SMILES string of the molecule is CCCNC(C)(CSc1ccc(F)c(F)c1)C(=O)O. The molecule has 0 aliphatic carbocycles. The number of nitrogens with one attached hydrogen (secondary N) is 1. The summed E-state index contributed by atoms with van der Waals surface area (Å²) in [5.74, 6) is -2.57. The number of carbonyl (C=O) groups is 1. The molecule has 1 rings (SSSR count). The average Bonchev–Trinajstić information content (AvgIpc) is 2.37. The lowest BCUT2D eigenvalue weighted by Gasteiger charge is -2.25. The summed E-state index contributed by atoms with van der Waals surface area (Å²) in [5, 5.41) is 12.2. The van der Waals surface area contributed by atoms with Gasteiger partial charge in [0.25, 0.3) is 0 Å². The van der Waals surface area contributed by atoms with Gasteiger partial charge in [-0.05, 0) is 38.1 Å². The fourth-order valence-electron chi connectivity index (χ4n) is 1.38. The maximum atomic E-state index is 13.0. The highest BCUT2D eigenvalue weighted by atomic mass is 32.2. The van der Waals surface area contributed by atoms with Gasteiger partial charge in [0.05, 0.1) is 0 Å². The molecule has 0 aromatic heterocycles. The van der Waals surface area contributed by atoms with Gasteiger partial charge in [-0.25, -0.2) is 8.78 Å². The van der Waals surface area contributed by atoms with Gasteiger partial charge < -0.3 is 10.4 Å². The normalized spacial score (nSPS) is 14.1. The Morgan fingerprint density at radius 2 is 2.11 bits per heavy atom. The summed E-state index contributed by atoms with van der Waals surface area (Å²) in [6.07, 6.45) is 0.818. The first-order valence-electron chi connectivity index (χ1n) is 5.95. The highest BCUT2D eigenvalue weighted by molar-refractivity contribution is 7.99. The third-order valence-electron chi connectivity index (χ3n) is 2.66. The van der Waals surface area contributed by atoms with Gasteiger partial charge in [0.1, 0.15) is 5.54 Å². The van der Waals surface area contributed by atoms with Crippen molar-refractivity contribution in [2.75, 3.05) is 12.3 Å². The molecule has 0 saturated heterocycles. The Morgan fingerprint density at radius 3 is 2.63 bits per heavy atom. The summed E-state index contributed by atoms with van der Waals surface area (Å²) in [6, 6.07) is 3.54. The minimum Gasteiger partial charge on any atom is -0.480 e. The summed E-state index contributed by atoms with van der Waals surface area (Å²) in [7, 11) is 0. The van der Waals surface area contributed by atoms with Crippen LogP contribution in [0.25, 0.3) is 0 Å². The third kappa shape index (κ3) is 4.47. The Kier molecular flexibility index (Phi) is 5.75. The van der Waals surface area contributed by atoms with Crippen LogP contribution in [0, 0.1) is 11.6 Å². The van der Waals surface area contributed by atoms with Crippen LogP contribution in [0.1, 0.15) is 20.3 Å². The van der Waals surface area contributed by atoms with E-state index in [9.17, 15) is 18.7 Å². The number of benzene rings is 1. The predicted octanol–water partition coefficient (Wildman–Crippen LogP) is 2.90. The molecule has 3 nitrogen and oxygen atoms in total. The van der Waals surface area contributed by atoms with E-state index in [2.05, 4.69) is 5.32 Å². The van der Waals surface area contributed by atoms with Crippen molar-refractivity contribution >= 4 is 17.7 Å². The summed E-state index contributed by atoms with van der Waals surface area (Å²) in [5.41, 5.74) is -1.09. The molecule has 0 bridgehead atoms. The molecule has 1 aromatic carbocycles. The number of hydrogen-bond donors (Lipinski definition) is 2. The van der Waals surface area contributed by atoms with Crippen molar-refractivity contribution in [3.05, 3.63) is 29.8 Å². The Bertz CT molecular complexity index is 456. The van der Waals surface area contributed by atoms with Gasteiger partial charge in [-0.2, -0.15) is 0 Å². The second-order valence-electron chi connectivity index (χ2n) is 4.43. The van der Waals surface area contributed by atoms with Crippen molar-refractivity contribution in [2.24, 2.45) is 0 Å². The Morgan fingerprint density at radius 1 is 1.42 bits per heavy atom. The summed E-state index contributed by atoms with van der Waals surface area (Å²) < 4.78 is 25.8. The minimum absolute atomic E-state index is 0.230. The van der Waals surface area contributed by atoms with Gasteiger partial charge in [0, 0.05) is 10.6 Å². The van der Waals surface area contributed by atoms with E-state index in [4.69, 9.17) is 0 Å². The Balaban J connectivity index is 2.70. The second-order valence-corrected chi connectivity index (χ2v) is 5.48. The smallest absolute Gasteiger partial charge is 0.324 e. The largest absolute Gasteiger partial charge is 0.480 e. The zero-order valence-corrected chi connectivity index (χ0v) is 11.7. The van der Waals surface area contributed by atoms with Crippen molar-refractivity contribution in [2.45, 2.75) is 30.7 Å². The molecule has 0 aliphatic heterocycles. The van der Waals surface area contributed by atoms with Crippen LogP contribution in [0.3, 0.4) is 0 Å². The number of rotatable bonds is 7. The van der Waals surface area contributed by atoms with Crippen LogP contribution in [-0.2, 0) is 4.79 Å². The molecule has 0 saturated carbocycles. The van der Waals surface area contributed by atoms with Crippen molar-refractivity contribution in [1.82, 2.24) is 5.32 Å². The molecule has 1 unspecified atom stereocenters. The lowest BCUT2D eigenvalue weighted by molar-refractivity contribution is -0.143. The van der Waals surface area contributed by atoms with Gasteiger partial charge in [-0.3, -0.25) is 4.79 Å². The quantitative estimate of drug-likeness (QED) is 0.758. The molecule has 0 heterocycles. The molecule has 0 spiro atoms. The summed E-state index contributed by atoms with van der Waals surface area (Å²) >= 11 is 1.18. The zero-order chi connectivity index (χ0) is 14.5. The van der Waals surface area contributed by atoms with E-state index < -0.39 is 23.1 Å². The number of hydrogen-bond acceptors (Lipinski definition) is 3. The Hall–Kier alpha value is -1.14. The monoisotopic (exact) mass is 289 g/mol. The Labute approximate surface area is 115 Å². The number of carboxylic acids is 1. The number of thioether (sulfide) groups is 1. The molecular formula is C13H17F2NO2S. The van der Waals surface area contributed by atoms with E-state index in [1.54, 1.807) is 6.92 Å². The minimum atomic E-state index is -1.09. The second kappa shape index (κ2) is 6.86. The van der Waals surface area contributed by atoms with Gasteiger partial charge in [0.2, 0.25) is 0 Å². The van der Waals surface area contributed by atoms with Crippen LogP contribution in [0.2, 0.25) is 0 Å². The molecule has 0 fully saturated rings. The van der Waals surface area contributed by atoms with Crippen molar-refractivity contribution in [1.29, 1.82) is 0 Å². The molecule has 0 radical (unpaired) electrons. The molecule has 106 valence electrons. The zero-order valence-electron chi connectivity index (χ0n) is 10.9. The van der Waals surface area contributed by atoms with Crippen LogP contribution >= 0.6 is 11.8 Å². The van der Waals surface area contributed by atoms with Crippen LogP contribution in [-0.4, -0.2) is 28.9 Å². The first kappa shape index (κ1) is 15.9. The lowest BCUT2D eigenvalue weighted by atomic mass is 10.1. The first-order valence-corrected chi connectivity index (χ1v) is 6.94. The average molecular weight is 289 g/mol. The third-order valence-corrected chi connectivity index (χ3v) is 3.96. The molecule has 1 atom stereocenters. The standard InChI is InChI=1S/C13H17F2NO2S/c1-3-6-16-13(2,12(17)18)8-19-9-4-5-10(14)11(15)7-9/h4-5,7,16H,3,6,8H2,1-2H3,(H,17,18). The van der Waals surface area contributed by atoms with Crippen LogP contribution in [0.5, 0.6) is 0 Å². The van der Waals surface area contributed by atoms with Crippen molar-refractivity contribution in [3.63, 3.8) is 0 Å². The number of aliphatic carboxylic acids is 1. The fraction of sp³-hybridized carbons (Fsp3) is 0.462. The molecule has 2 N–H and O–H groups in total. The van der Waals surface area contributed by atoms with Crippen LogP contribution in [0.15, 0.2) is 23.1 Å². The maximum Gasteiger partial charge on any atom is 0.324 e.